The van der Waals surface area contributed by atoms with Crippen molar-refractivity contribution in [2.24, 2.45) is 0 Å². The van der Waals surface area contributed by atoms with Gasteiger partial charge in [-0.3, -0.25) is 4.57 Å². The fourth-order valence-corrected chi connectivity index (χ4v) is 1.70. The summed E-state index contributed by atoms with van der Waals surface area (Å²) < 4.78 is 25.4. The summed E-state index contributed by atoms with van der Waals surface area (Å²) in [4.78, 5) is 24.7. The molecule has 1 aromatic heterocycles. The molecule has 17 heavy (non-hydrogen) atoms. The van der Waals surface area contributed by atoms with Gasteiger partial charge < -0.3 is 10.1 Å². The van der Waals surface area contributed by atoms with E-state index in [1.54, 1.807) is 0 Å². The molecule has 1 aromatic carbocycles. The first-order valence-corrected chi connectivity index (χ1v) is 4.73. The number of fused-ring (bicyclic) bond motifs is 1. The molecule has 1 heterocycles. The Bertz CT molecular complexity index is 630. The van der Waals surface area contributed by atoms with Gasteiger partial charge in [0.15, 0.2) is 0 Å². The van der Waals surface area contributed by atoms with Gasteiger partial charge in [0.1, 0.15) is 0 Å². The topological polar surface area (TPSA) is 75.1 Å². The number of aromatic amines is 1. The normalized spacial score (nSPS) is 11.2. The van der Waals surface area contributed by atoms with Gasteiger partial charge in [0.05, 0.1) is 23.1 Å². The number of nitrogens with one attached hydrogen (secondary N) is 1. The van der Waals surface area contributed by atoms with Crippen LogP contribution in [0, 0.1) is 0 Å². The number of aromatic carboxylic acids is 1. The lowest BCUT2D eigenvalue weighted by atomic mass is 10.2. The van der Waals surface area contributed by atoms with Gasteiger partial charge in [-0.15, -0.1) is 0 Å². The Balaban J connectivity index is 2.77. The van der Waals surface area contributed by atoms with E-state index in [4.69, 9.17) is 5.11 Å². The van der Waals surface area contributed by atoms with Crippen LogP contribution >= 0.6 is 0 Å². The molecule has 2 rings (SSSR count). The number of rotatable bonds is 3. The number of alkyl halides is 2. The minimum absolute atomic E-state index is 0.00898. The predicted molar refractivity (Wildman–Crippen MR) is 55.5 cm³/mol. The minimum atomic E-state index is -2.73. The Labute approximate surface area is 93.3 Å². The van der Waals surface area contributed by atoms with Crippen molar-refractivity contribution in [2.75, 3.05) is 0 Å². The molecule has 2 N–H and O–H groups in total. The molecular formula is C10H8F2N2O3. The van der Waals surface area contributed by atoms with E-state index < -0.39 is 24.6 Å². The molecule has 0 aliphatic rings. The average Bonchev–Trinajstić information content (AvgIpc) is 2.54. The van der Waals surface area contributed by atoms with E-state index in [0.29, 0.717) is 0 Å². The first-order valence-electron chi connectivity index (χ1n) is 4.73. The molecular weight excluding hydrogens is 234 g/mol. The first-order chi connectivity index (χ1) is 8.00. The SMILES string of the molecule is O=C(O)c1cccc2[nH]c(=O)n(CC(F)F)c12. The number of aromatic nitrogens is 2. The molecule has 0 bridgehead atoms. The highest BCUT2D eigenvalue weighted by Gasteiger charge is 2.17. The third-order valence-corrected chi connectivity index (χ3v) is 2.34. The smallest absolute Gasteiger partial charge is 0.337 e. The second-order valence-corrected chi connectivity index (χ2v) is 3.44. The Hall–Kier alpha value is -2.18. The second-order valence-electron chi connectivity index (χ2n) is 3.44. The largest absolute Gasteiger partial charge is 0.478 e. The van der Waals surface area contributed by atoms with Crippen LogP contribution in [-0.4, -0.2) is 27.1 Å². The Morgan fingerprint density at radius 1 is 1.47 bits per heavy atom. The molecule has 0 aliphatic carbocycles. The van der Waals surface area contributed by atoms with Gasteiger partial charge in [-0.1, -0.05) is 6.07 Å². The zero-order valence-corrected chi connectivity index (χ0v) is 8.48. The van der Waals surface area contributed by atoms with Crippen LogP contribution in [0.25, 0.3) is 11.0 Å². The number of halogens is 2. The predicted octanol–water partition coefficient (Wildman–Crippen LogP) is 1.29. The Morgan fingerprint density at radius 2 is 2.18 bits per heavy atom. The number of benzene rings is 1. The molecule has 0 radical (unpaired) electrons. The second kappa shape index (κ2) is 4.00. The van der Waals surface area contributed by atoms with Gasteiger partial charge in [-0.2, -0.15) is 0 Å². The first kappa shape index (κ1) is 11.3. The number of carboxylic acid groups (broad SMARTS) is 1. The molecule has 0 fully saturated rings. The fourth-order valence-electron chi connectivity index (χ4n) is 1.70. The molecule has 2 aromatic rings. The third-order valence-electron chi connectivity index (χ3n) is 2.34. The van der Waals surface area contributed by atoms with Crippen LogP contribution in [0.5, 0.6) is 0 Å². The van der Waals surface area contributed by atoms with E-state index in [1.165, 1.54) is 18.2 Å². The maximum absolute atomic E-state index is 12.3. The van der Waals surface area contributed by atoms with Crippen LogP contribution < -0.4 is 5.69 Å². The van der Waals surface area contributed by atoms with Crippen molar-refractivity contribution in [1.82, 2.24) is 9.55 Å². The fraction of sp³-hybridized carbons (Fsp3) is 0.200. The van der Waals surface area contributed by atoms with Gasteiger partial charge in [0, 0.05) is 0 Å². The van der Waals surface area contributed by atoms with Gasteiger partial charge in [-0.25, -0.2) is 18.4 Å². The third kappa shape index (κ3) is 1.91. The van der Waals surface area contributed by atoms with Crippen molar-refractivity contribution < 1.29 is 18.7 Å². The Kier molecular flexibility index (Phi) is 2.66. The van der Waals surface area contributed by atoms with Crippen molar-refractivity contribution in [2.45, 2.75) is 13.0 Å². The summed E-state index contributed by atoms with van der Waals surface area (Å²) in [5, 5.41) is 8.93. The number of hydrogen-bond donors (Lipinski definition) is 2. The van der Waals surface area contributed by atoms with Crippen LogP contribution in [0.4, 0.5) is 8.78 Å². The summed E-state index contributed by atoms with van der Waals surface area (Å²) >= 11 is 0. The Morgan fingerprint density at radius 3 is 2.76 bits per heavy atom. The number of imidazole rings is 1. The molecule has 0 spiro atoms. The molecule has 0 unspecified atom stereocenters. The number of para-hydroxylation sites is 1. The number of carboxylic acids is 1. The number of hydrogen-bond acceptors (Lipinski definition) is 2. The van der Waals surface area contributed by atoms with Crippen molar-refractivity contribution in [3.63, 3.8) is 0 Å². The van der Waals surface area contributed by atoms with E-state index >= 15 is 0 Å². The number of carbonyl (C=O) groups is 1. The molecule has 0 aliphatic heterocycles. The summed E-state index contributed by atoms with van der Waals surface area (Å²) in [6, 6.07) is 4.17. The van der Waals surface area contributed by atoms with E-state index in [-0.39, 0.29) is 16.6 Å². The highest BCUT2D eigenvalue weighted by atomic mass is 19.3. The maximum Gasteiger partial charge on any atom is 0.337 e. The van der Waals surface area contributed by atoms with E-state index in [2.05, 4.69) is 4.98 Å². The summed E-state index contributed by atoms with van der Waals surface area (Å²) in [6.07, 6.45) is -2.73. The van der Waals surface area contributed by atoms with Crippen molar-refractivity contribution in [3.8, 4) is 0 Å². The van der Waals surface area contributed by atoms with E-state index in [1.807, 2.05) is 0 Å². The zero-order chi connectivity index (χ0) is 12.6. The van der Waals surface area contributed by atoms with Gasteiger partial charge in [0.2, 0.25) is 0 Å². The lowest BCUT2D eigenvalue weighted by Crippen LogP contribution is -2.21. The molecule has 0 atom stereocenters. The molecule has 0 saturated heterocycles. The van der Waals surface area contributed by atoms with Crippen molar-refractivity contribution in [3.05, 3.63) is 34.2 Å². The summed E-state index contributed by atoms with van der Waals surface area (Å²) in [5.74, 6) is -1.27. The van der Waals surface area contributed by atoms with Crippen LogP contribution in [0.3, 0.4) is 0 Å². The maximum atomic E-state index is 12.3. The standard InChI is InChI=1S/C10H8F2N2O3/c11-7(12)4-14-8-5(9(15)16)2-1-3-6(8)13-10(14)17/h1-3,7H,4H2,(H,13,17)(H,15,16). The molecule has 7 heteroatoms. The van der Waals surface area contributed by atoms with Crippen molar-refractivity contribution in [1.29, 1.82) is 0 Å². The van der Waals surface area contributed by atoms with Crippen LogP contribution in [0.15, 0.2) is 23.0 Å². The summed E-state index contributed by atoms with van der Waals surface area (Å²) in [5.41, 5.74) is -0.698. The highest BCUT2D eigenvalue weighted by molar-refractivity contribution is 6.01. The van der Waals surface area contributed by atoms with E-state index in [9.17, 15) is 18.4 Å². The summed E-state index contributed by atoms with van der Waals surface area (Å²) in [7, 11) is 0. The van der Waals surface area contributed by atoms with E-state index in [0.717, 1.165) is 4.57 Å². The average molecular weight is 242 g/mol. The number of H-pyrrole nitrogens is 1. The monoisotopic (exact) mass is 242 g/mol. The van der Waals surface area contributed by atoms with Gasteiger partial charge >= 0.3 is 11.7 Å². The molecule has 5 nitrogen and oxygen atoms in total. The molecule has 0 amide bonds. The highest BCUT2D eigenvalue weighted by Crippen LogP contribution is 2.16. The molecule has 90 valence electrons. The minimum Gasteiger partial charge on any atom is -0.478 e. The van der Waals surface area contributed by atoms with Gasteiger partial charge in [0.25, 0.3) is 6.43 Å². The quantitative estimate of drug-likeness (QED) is 0.851. The number of nitrogens with zero attached hydrogens (tertiary/aromatic N) is 1. The zero-order valence-electron chi connectivity index (χ0n) is 8.48. The van der Waals surface area contributed by atoms with Crippen LogP contribution in [0.2, 0.25) is 0 Å². The summed E-state index contributed by atoms with van der Waals surface area (Å²) in [6.45, 7) is -0.830. The lowest BCUT2D eigenvalue weighted by Gasteiger charge is -2.04. The van der Waals surface area contributed by atoms with Crippen LogP contribution in [0.1, 0.15) is 10.4 Å². The van der Waals surface area contributed by atoms with Crippen molar-refractivity contribution >= 4 is 17.0 Å². The van der Waals surface area contributed by atoms with Crippen LogP contribution in [-0.2, 0) is 6.54 Å². The molecule has 0 saturated carbocycles. The van der Waals surface area contributed by atoms with Gasteiger partial charge in [-0.05, 0) is 12.1 Å². The lowest BCUT2D eigenvalue weighted by molar-refractivity contribution is 0.0697.